The zero-order valence-electron chi connectivity index (χ0n) is 13.4. The van der Waals surface area contributed by atoms with Gasteiger partial charge in [-0.1, -0.05) is 39.0 Å². The van der Waals surface area contributed by atoms with Crippen LogP contribution >= 0.6 is 11.8 Å². The molecule has 0 unspecified atom stereocenters. The fourth-order valence-corrected chi connectivity index (χ4v) is 3.94. The Hall–Kier alpha value is -0.580. The van der Waals surface area contributed by atoms with Gasteiger partial charge in [0.1, 0.15) is 0 Å². The number of nitrogens with one attached hydrogen (secondary N) is 1. The average Bonchev–Trinajstić information content (AvgIpc) is 2.45. The summed E-state index contributed by atoms with van der Waals surface area (Å²) in [6.07, 6.45) is 0.585. The van der Waals surface area contributed by atoms with Gasteiger partial charge >= 0.3 is 0 Å². The molecule has 21 heavy (non-hydrogen) atoms. The Bertz CT molecular complexity index is 439. The van der Waals surface area contributed by atoms with E-state index in [1.54, 1.807) is 0 Å². The van der Waals surface area contributed by atoms with Gasteiger partial charge in [0.25, 0.3) is 0 Å². The first kappa shape index (κ1) is 16.8. The van der Waals surface area contributed by atoms with Crippen molar-refractivity contribution in [3.63, 3.8) is 0 Å². The molecule has 1 heterocycles. The second-order valence-corrected chi connectivity index (χ2v) is 8.40. The van der Waals surface area contributed by atoms with Crippen LogP contribution in [0.4, 0.5) is 4.39 Å². The maximum Gasteiger partial charge on any atom is 0.0912 e. The topological polar surface area (TPSA) is 15.3 Å². The van der Waals surface area contributed by atoms with Crippen LogP contribution in [0.25, 0.3) is 0 Å². The molecule has 0 bridgehead atoms. The predicted octanol–water partition coefficient (Wildman–Crippen LogP) is 3.88. The zero-order chi connectivity index (χ0) is 15.3. The molecular formula is C17H27FN2S. The summed E-state index contributed by atoms with van der Waals surface area (Å²) < 4.78 is 13.3. The lowest BCUT2D eigenvalue weighted by Gasteiger charge is -2.36. The van der Waals surface area contributed by atoms with Gasteiger partial charge in [-0.3, -0.25) is 9.29 Å². The molecule has 0 aromatic heterocycles. The van der Waals surface area contributed by atoms with E-state index in [0.717, 1.165) is 26.2 Å². The summed E-state index contributed by atoms with van der Waals surface area (Å²) in [5.74, 6) is 0. The standard InChI is InChI=1S/C17H27FN2S/c1-17(2,3)21-16-7-5-4-6-14(16)15(8-9-18)20-12-10-19-11-13-20/h4-7,15,19H,8-13H2,1-3H3/t15-/m0/s1. The molecule has 1 aliphatic rings. The van der Waals surface area contributed by atoms with Gasteiger partial charge in [-0.15, -0.1) is 11.8 Å². The lowest BCUT2D eigenvalue weighted by molar-refractivity contribution is 0.155. The van der Waals surface area contributed by atoms with Gasteiger partial charge in [0.15, 0.2) is 0 Å². The minimum atomic E-state index is -0.261. The second kappa shape index (κ2) is 7.61. The van der Waals surface area contributed by atoms with E-state index in [0.29, 0.717) is 6.42 Å². The molecule has 1 N–H and O–H groups in total. The van der Waals surface area contributed by atoms with Crippen LogP contribution in [0.15, 0.2) is 29.2 Å². The first-order chi connectivity index (χ1) is 10.0. The molecule has 118 valence electrons. The number of alkyl halides is 1. The summed E-state index contributed by atoms with van der Waals surface area (Å²) in [5.41, 5.74) is 1.29. The fraction of sp³-hybridized carbons (Fsp3) is 0.647. The van der Waals surface area contributed by atoms with Crippen molar-refractivity contribution in [3.05, 3.63) is 29.8 Å². The highest BCUT2D eigenvalue weighted by Gasteiger charge is 2.25. The van der Waals surface area contributed by atoms with Crippen LogP contribution < -0.4 is 5.32 Å². The quantitative estimate of drug-likeness (QED) is 0.831. The van der Waals surface area contributed by atoms with Crippen molar-refractivity contribution in [2.45, 2.75) is 42.9 Å². The zero-order valence-corrected chi connectivity index (χ0v) is 14.2. The second-order valence-electron chi connectivity index (χ2n) is 6.53. The van der Waals surface area contributed by atoms with Crippen LogP contribution in [-0.2, 0) is 0 Å². The highest BCUT2D eigenvalue weighted by Crippen LogP contribution is 2.38. The van der Waals surface area contributed by atoms with Crippen LogP contribution in [0, 0.1) is 0 Å². The highest BCUT2D eigenvalue weighted by molar-refractivity contribution is 8.00. The number of benzene rings is 1. The minimum absolute atomic E-state index is 0.166. The Morgan fingerprint density at radius 1 is 1.24 bits per heavy atom. The molecule has 0 aliphatic carbocycles. The molecule has 1 saturated heterocycles. The van der Waals surface area contributed by atoms with Crippen molar-refractivity contribution in [1.29, 1.82) is 0 Å². The first-order valence-electron chi connectivity index (χ1n) is 7.80. The van der Waals surface area contributed by atoms with Crippen molar-refractivity contribution in [2.24, 2.45) is 0 Å². The molecule has 1 aromatic rings. The lowest BCUT2D eigenvalue weighted by Crippen LogP contribution is -2.45. The highest BCUT2D eigenvalue weighted by atomic mass is 32.2. The molecular weight excluding hydrogens is 283 g/mol. The molecule has 2 nitrogen and oxygen atoms in total. The number of nitrogens with zero attached hydrogens (tertiary/aromatic N) is 1. The Kier molecular flexibility index (Phi) is 6.08. The van der Waals surface area contributed by atoms with Crippen molar-refractivity contribution in [2.75, 3.05) is 32.9 Å². The molecule has 1 aromatic carbocycles. The van der Waals surface area contributed by atoms with Crippen molar-refractivity contribution < 1.29 is 4.39 Å². The Balaban J connectivity index is 2.26. The molecule has 1 fully saturated rings. The molecule has 4 heteroatoms. The third-order valence-corrected chi connectivity index (χ3v) is 4.87. The van der Waals surface area contributed by atoms with Crippen LogP contribution in [0.1, 0.15) is 38.8 Å². The summed E-state index contributed by atoms with van der Waals surface area (Å²) in [5, 5.41) is 3.38. The van der Waals surface area contributed by atoms with Crippen LogP contribution in [0.2, 0.25) is 0 Å². The molecule has 2 rings (SSSR count). The number of piperazine rings is 1. The average molecular weight is 310 g/mol. The van der Waals surface area contributed by atoms with E-state index < -0.39 is 0 Å². The number of hydrogen-bond donors (Lipinski definition) is 1. The van der Waals surface area contributed by atoms with Crippen LogP contribution in [0.5, 0.6) is 0 Å². The molecule has 0 amide bonds. The van der Waals surface area contributed by atoms with Gasteiger partial charge in [-0.2, -0.15) is 0 Å². The van der Waals surface area contributed by atoms with Gasteiger partial charge in [-0.25, -0.2) is 0 Å². The van der Waals surface area contributed by atoms with Gasteiger partial charge in [0.2, 0.25) is 0 Å². The van der Waals surface area contributed by atoms with Crippen LogP contribution in [-0.4, -0.2) is 42.5 Å². The van der Waals surface area contributed by atoms with E-state index in [9.17, 15) is 4.39 Å². The summed E-state index contributed by atoms with van der Waals surface area (Å²) in [4.78, 5) is 3.72. The van der Waals surface area contributed by atoms with E-state index >= 15 is 0 Å². The number of rotatable bonds is 5. The van der Waals surface area contributed by atoms with E-state index in [1.165, 1.54) is 10.5 Å². The Morgan fingerprint density at radius 2 is 1.90 bits per heavy atom. The van der Waals surface area contributed by atoms with Gasteiger partial charge in [0, 0.05) is 41.9 Å². The van der Waals surface area contributed by atoms with E-state index in [1.807, 2.05) is 11.8 Å². The molecule has 0 radical (unpaired) electrons. The molecule has 1 atom stereocenters. The summed E-state index contributed by atoms with van der Waals surface area (Å²) in [6, 6.07) is 8.72. The van der Waals surface area contributed by atoms with Gasteiger partial charge in [0.05, 0.1) is 6.67 Å². The third-order valence-electron chi connectivity index (χ3n) is 3.67. The number of thioether (sulfide) groups is 1. The molecule has 0 spiro atoms. The maximum absolute atomic E-state index is 13.1. The van der Waals surface area contributed by atoms with Crippen molar-refractivity contribution in [1.82, 2.24) is 10.2 Å². The van der Waals surface area contributed by atoms with Gasteiger partial charge in [-0.05, 0) is 18.1 Å². The summed E-state index contributed by atoms with van der Waals surface area (Å²) in [7, 11) is 0. The lowest BCUT2D eigenvalue weighted by atomic mass is 10.0. The minimum Gasteiger partial charge on any atom is -0.314 e. The fourth-order valence-electron chi connectivity index (χ4n) is 2.81. The largest absolute Gasteiger partial charge is 0.314 e. The van der Waals surface area contributed by atoms with Crippen LogP contribution in [0.3, 0.4) is 0 Å². The van der Waals surface area contributed by atoms with E-state index in [-0.39, 0.29) is 17.5 Å². The smallest absolute Gasteiger partial charge is 0.0912 e. The molecule has 0 saturated carbocycles. The van der Waals surface area contributed by atoms with Crippen molar-refractivity contribution >= 4 is 11.8 Å². The van der Waals surface area contributed by atoms with E-state index in [2.05, 4.69) is 55.3 Å². The first-order valence-corrected chi connectivity index (χ1v) is 8.61. The summed E-state index contributed by atoms with van der Waals surface area (Å²) >= 11 is 1.88. The summed E-state index contributed by atoms with van der Waals surface area (Å²) in [6.45, 7) is 10.4. The van der Waals surface area contributed by atoms with Gasteiger partial charge < -0.3 is 5.32 Å². The number of halogens is 1. The third kappa shape index (κ3) is 4.97. The monoisotopic (exact) mass is 310 g/mol. The Morgan fingerprint density at radius 3 is 2.52 bits per heavy atom. The predicted molar refractivity (Wildman–Crippen MR) is 89.8 cm³/mol. The Labute approximate surface area is 132 Å². The molecule has 1 aliphatic heterocycles. The number of hydrogen-bond acceptors (Lipinski definition) is 3. The maximum atomic E-state index is 13.1. The van der Waals surface area contributed by atoms with Crippen molar-refractivity contribution in [3.8, 4) is 0 Å². The normalized spacial score (nSPS) is 18.7. The SMILES string of the molecule is CC(C)(C)Sc1ccccc1[C@H](CCF)N1CCNCC1. The van der Waals surface area contributed by atoms with E-state index in [4.69, 9.17) is 0 Å².